The van der Waals surface area contributed by atoms with Crippen molar-refractivity contribution in [2.75, 3.05) is 28.6 Å². The summed E-state index contributed by atoms with van der Waals surface area (Å²) in [5.41, 5.74) is 15.2. The quantitative estimate of drug-likeness (QED) is 0.114. The van der Waals surface area contributed by atoms with Crippen molar-refractivity contribution in [1.29, 1.82) is 0 Å². The van der Waals surface area contributed by atoms with E-state index in [1.165, 1.54) is 0 Å². The Morgan fingerprint density at radius 2 is 1.71 bits per heavy atom. The number of anilines is 4. The summed E-state index contributed by atoms with van der Waals surface area (Å²) in [5, 5.41) is 27.8. The Bertz CT molecular complexity index is 1610. The normalized spacial score (nSPS) is 11.5. The molecule has 4 rings (SSSR count). The molecule has 0 radical (unpaired) electrons. The maximum atomic E-state index is 12.7. The SMILES string of the molecule is Cc1ccc(NCCCC[C@H](NC(=O)c2ccc(NCc3cnc4nc(N)nc(N)c4n3)cc2)C(=O)O)c(C(=O)O)c1. The number of aromatic nitrogens is 4. The summed E-state index contributed by atoms with van der Waals surface area (Å²) < 4.78 is 0. The summed E-state index contributed by atoms with van der Waals surface area (Å²) >= 11 is 0. The van der Waals surface area contributed by atoms with E-state index in [0.717, 1.165) is 5.56 Å². The summed E-state index contributed by atoms with van der Waals surface area (Å²) in [7, 11) is 0. The van der Waals surface area contributed by atoms with Crippen molar-refractivity contribution in [2.24, 2.45) is 0 Å². The van der Waals surface area contributed by atoms with Gasteiger partial charge < -0.3 is 37.6 Å². The third kappa shape index (κ3) is 7.56. The maximum Gasteiger partial charge on any atom is 0.337 e. The van der Waals surface area contributed by atoms with E-state index in [4.69, 9.17) is 11.5 Å². The van der Waals surface area contributed by atoms with Crippen LogP contribution in [0.15, 0.2) is 48.7 Å². The molecule has 0 aliphatic rings. The van der Waals surface area contributed by atoms with Gasteiger partial charge in [-0.3, -0.25) is 4.79 Å². The zero-order valence-corrected chi connectivity index (χ0v) is 22.8. The van der Waals surface area contributed by atoms with Crippen LogP contribution < -0.4 is 27.4 Å². The number of aryl methyl sites for hydroxylation is 1. The minimum Gasteiger partial charge on any atom is -0.480 e. The molecule has 1 amide bonds. The number of carboxylic acid groups (broad SMARTS) is 2. The van der Waals surface area contributed by atoms with Crippen molar-refractivity contribution in [3.8, 4) is 0 Å². The Morgan fingerprint density at radius 1 is 0.952 bits per heavy atom. The van der Waals surface area contributed by atoms with Gasteiger partial charge in [0.1, 0.15) is 6.04 Å². The molecule has 0 bridgehead atoms. The van der Waals surface area contributed by atoms with Gasteiger partial charge in [0.15, 0.2) is 17.0 Å². The number of unbranched alkanes of at least 4 members (excludes halogenated alkanes) is 1. The van der Waals surface area contributed by atoms with Crippen LogP contribution >= 0.6 is 0 Å². The molecule has 9 N–H and O–H groups in total. The van der Waals surface area contributed by atoms with Gasteiger partial charge in [-0.2, -0.15) is 9.97 Å². The Hall–Kier alpha value is -5.53. The highest BCUT2D eigenvalue weighted by Crippen LogP contribution is 2.18. The number of nitrogens with two attached hydrogens (primary N) is 2. The van der Waals surface area contributed by atoms with Crippen LogP contribution in [0.1, 0.15) is 51.2 Å². The standard InChI is InChI=1S/C28H31N9O5/c1-15-5-10-20(19(12-15)26(39)40)31-11-3-2-4-21(27(41)42)35-25(38)16-6-8-17(9-7-16)32-13-18-14-33-24-22(34-18)23(29)36-28(30)37-24/h5-10,12,14,21,31-32H,2-4,11,13H2,1H3,(H,35,38)(H,39,40)(H,41,42)(H4,29,30,33,36,37)/t21-/m0/s1. The number of carbonyl (C=O) groups is 3. The third-order valence-corrected chi connectivity index (χ3v) is 6.37. The number of hydrogen-bond acceptors (Lipinski definition) is 11. The second-order valence-corrected chi connectivity index (χ2v) is 9.57. The molecule has 0 saturated carbocycles. The van der Waals surface area contributed by atoms with E-state index < -0.39 is 23.9 Å². The fraction of sp³-hybridized carbons (Fsp3) is 0.250. The van der Waals surface area contributed by atoms with E-state index in [2.05, 4.69) is 35.9 Å². The van der Waals surface area contributed by atoms with E-state index in [0.29, 0.717) is 59.7 Å². The van der Waals surface area contributed by atoms with Gasteiger partial charge in [-0.15, -0.1) is 0 Å². The molecule has 4 aromatic rings. The fourth-order valence-electron chi connectivity index (χ4n) is 4.18. The van der Waals surface area contributed by atoms with Crippen molar-refractivity contribution < 1.29 is 24.6 Å². The second-order valence-electron chi connectivity index (χ2n) is 9.57. The summed E-state index contributed by atoms with van der Waals surface area (Å²) in [6.45, 7) is 2.59. The molecule has 218 valence electrons. The highest BCUT2D eigenvalue weighted by atomic mass is 16.4. The number of hydrogen-bond donors (Lipinski definition) is 7. The van der Waals surface area contributed by atoms with E-state index in [1.807, 2.05) is 13.0 Å². The molecule has 2 aromatic carbocycles. The van der Waals surface area contributed by atoms with Crippen molar-refractivity contribution in [2.45, 2.75) is 38.8 Å². The maximum absolute atomic E-state index is 12.7. The van der Waals surface area contributed by atoms with Gasteiger partial charge in [0, 0.05) is 23.5 Å². The average Bonchev–Trinajstić information content (AvgIpc) is 2.96. The lowest BCUT2D eigenvalue weighted by Crippen LogP contribution is -2.40. The number of carboxylic acids is 2. The smallest absolute Gasteiger partial charge is 0.337 e. The van der Waals surface area contributed by atoms with Crippen LogP contribution in [0.5, 0.6) is 0 Å². The molecule has 0 unspecified atom stereocenters. The van der Waals surface area contributed by atoms with Crippen molar-refractivity contribution in [3.05, 3.63) is 71.0 Å². The first-order chi connectivity index (χ1) is 20.1. The van der Waals surface area contributed by atoms with Gasteiger partial charge >= 0.3 is 11.9 Å². The summed E-state index contributed by atoms with van der Waals surface area (Å²) in [4.78, 5) is 52.4. The molecule has 14 nitrogen and oxygen atoms in total. The average molecular weight is 574 g/mol. The van der Waals surface area contributed by atoms with E-state index >= 15 is 0 Å². The highest BCUT2D eigenvalue weighted by Gasteiger charge is 2.20. The lowest BCUT2D eigenvalue weighted by molar-refractivity contribution is -0.139. The molecule has 2 heterocycles. The Labute approximate surface area is 240 Å². The topological polar surface area (TPSA) is 231 Å². The van der Waals surface area contributed by atoms with Crippen molar-refractivity contribution in [1.82, 2.24) is 25.3 Å². The number of benzene rings is 2. The van der Waals surface area contributed by atoms with Crippen LogP contribution in [0.3, 0.4) is 0 Å². The molecule has 0 aliphatic heterocycles. The summed E-state index contributed by atoms with van der Waals surface area (Å²) in [5.74, 6) is -2.51. The Morgan fingerprint density at radius 3 is 2.43 bits per heavy atom. The molecule has 0 spiro atoms. The summed E-state index contributed by atoms with van der Waals surface area (Å²) in [6.07, 6.45) is 2.85. The zero-order chi connectivity index (χ0) is 30.2. The molecule has 14 heteroatoms. The summed E-state index contributed by atoms with van der Waals surface area (Å²) in [6, 6.07) is 10.6. The lowest BCUT2D eigenvalue weighted by atomic mass is 10.1. The molecule has 2 aromatic heterocycles. The third-order valence-electron chi connectivity index (χ3n) is 6.37. The van der Waals surface area contributed by atoms with Crippen molar-refractivity contribution in [3.63, 3.8) is 0 Å². The van der Waals surface area contributed by atoms with Crippen LogP contribution in [0, 0.1) is 6.92 Å². The number of aromatic carboxylic acids is 1. The van der Waals surface area contributed by atoms with Crippen molar-refractivity contribution >= 4 is 52.2 Å². The van der Waals surface area contributed by atoms with Crippen LogP contribution in [0.25, 0.3) is 11.2 Å². The van der Waals surface area contributed by atoms with E-state index in [1.54, 1.807) is 42.6 Å². The number of nitrogens with one attached hydrogen (secondary N) is 3. The van der Waals surface area contributed by atoms with Crippen LogP contribution in [0.2, 0.25) is 0 Å². The molecule has 0 saturated heterocycles. The number of amides is 1. The minimum atomic E-state index is -1.13. The highest BCUT2D eigenvalue weighted by molar-refractivity contribution is 5.97. The second kappa shape index (κ2) is 13.2. The number of aliphatic carboxylic acids is 1. The van der Waals surface area contributed by atoms with Crippen LogP contribution in [-0.4, -0.2) is 60.6 Å². The van der Waals surface area contributed by atoms with E-state index in [-0.39, 0.29) is 23.8 Å². The fourth-order valence-corrected chi connectivity index (χ4v) is 4.18. The molecule has 1 atom stereocenters. The largest absolute Gasteiger partial charge is 0.480 e. The number of nitrogen functional groups attached to an aromatic ring is 2. The van der Waals surface area contributed by atoms with E-state index in [9.17, 15) is 24.6 Å². The Balaban J connectivity index is 1.25. The van der Waals surface area contributed by atoms with Gasteiger partial charge in [-0.25, -0.2) is 19.6 Å². The minimum absolute atomic E-state index is 0.0165. The van der Waals surface area contributed by atoms with Gasteiger partial charge in [0.05, 0.1) is 24.0 Å². The molecular formula is C28H31N9O5. The predicted octanol–water partition coefficient (Wildman–Crippen LogP) is 2.67. The van der Waals surface area contributed by atoms with Crippen LogP contribution in [0.4, 0.5) is 23.1 Å². The monoisotopic (exact) mass is 573 g/mol. The van der Waals surface area contributed by atoms with Gasteiger partial charge in [-0.1, -0.05) is 11.6 Å². The zero-order valence-electron chi connectivity index (χ0n) is 22.8. The number of fused-ring (bicyclic) bond motifs is 1. The Kier molecular flexibility index (Phi) is 9.27. The number of carbonyl (C=O) groups excluding carboxylic acids is 1. The number of nitrogens with zero attached hydrogens (tertiary/aromatic N) is 4. The first-order valence-electron chi connectivity index (χ1n) is 13.1. The molecule has 0 aliphatic carbocycles. The first kappa shape index (κ1) is 29.5. The van der Waals surface area contributed by atoms with Gasteiger partial charge in [0.2, 0.25) is 5.95 Å². The lowest BCUT2D eigenvalue weighted by Gasteiger charge is -2.15. The molecule has 0 fully saturated rings. The van der Waals surface area contributed by atoms with Gasteiger partial charge in [-0.05, 0) is 62.6 Å². The number of rotatable bonds is 13. The first-order valence-corrected chi connectivity index (χ1v) is 13.1. The molecular weight excluding hydrogens is 542 g/mol. The van der Waals surface area contributed by atoms with Crippen LogP contribution in [-0.2, 0) is 11.3 Å². The molecule has 42 heavy (non-hydrogen) atoms. The van der Waals surface area contributed by atoms with Gasteiger partial charge in [0.25, 0.3) is 5.91 Å². The predicted molar refractivity (Wildman–Crippen MR) is 157 cm³/mol.